The zero-order valence-electron chi connectivity index (χ0n) is 16.5. The smallest absolute Gasteiger partial charge is 0.415 e. The van der Waals surface area contributed by atoms with Crippen LogP contribution in [0.2, 0.25) is 0 Å². The summed E-state index contributed by atoms with van der Waals surface area (Å²) in [6.45, 7) is 3.49. The number of aryl methyl sites for hydroxylation is 1. The van der Waals surface area contributed by atoms with Gasteiger partial charge in [0.05, 0.1) is 18.3 Å². The molecule has 4 heterocycles. The largest absolute Gasteiger partial charge is 0.442 e. The summed E-state index contributed by atoms with van der Waals surface area (Å²) in [4.78, 5) is 33.9. The van der Waals surface area contributed by atoms with Crippen molar-refractivity contribution < 1.29 is 18.8 Å². The van der Waals surface area contributed by atoms with E-state index in [9.17, 15) is 9.59 Å². The van der Waals surface area contributed by atoms with Crippen molar-refractivity contribution in [3.8, 4) is 22.6 Å². The summed E-state index contributed by atoms with van der Waals surface area (Å²) in [5, 5.41) is 6.62. The Morgan fingerprint density at radius 3 is 2.80 bits per heavy atom. The van der Waals surface area contributed by atoms with Crippen molar-refractivity contribution in [2.75, 3.05) is 11.4 Å². The maximum absolute atomic E-state index is 12.4. The normalized spacial score (nSPS) is 19.4. The van der Waals surface area contributed by atoms with Crippen LogP contribution in [0.3, 0.4) is 0 Å². The van der Waals surface area contributed by atoms with Gasteiger partial charge in [-0.2, -0.15) is 4.98 Å². The molecule has 0 bridgehead atoms. The van der Waals surface area contributed by atoms with Crippen LogP contribution in [-0.2, 0) is 16.0 Å². The predicted octanol–water partition coefficient (Wildman–Crippen LogP) is 2.49. The number of nitrogens with zero attached hydrogens (tertiary/aromatic N) is 4. The summed E-state index contributed by atoms with van der Waals surface area (Å²) in [6.07, 6.45) is 1.71. The van der Waals surface area contributed by atoms with Crippen LogP contribution in [0, 0.1) is 6.92 Å². The van der Waals surface area contributed by atoms with Gasteiger partial charge in [0.2, 0.25) is 17.6 Å². The molecule has 9 nitrogen and oxygen atoms in total. The minimum atomic E-state index is -0.372. The van der Waals surface area contributed by atoms with Crippen molar-refractivity contribution in [2.24, 2.45) is 0 Å². The average Bonchev–Trinajstić information content (AvgIpc) is 3.41. The molecule has 9 heteroatoms. The third-order valence-corrected chi connectivity index (χ3v) is 5.38. The van der Waals surface area contributed by atoms with E-state index < -0.39 is 0 Å². The minimum absolute atomic E-state index is 0.114. The average molecular weight is 405 g/mol. The molecule has 2 aliphatic rings. The number of hydrogen-bond acceptors (Lipinski definition) is 7. The molecule has 5 rings (SSSR count). The number of benzene rings is 1. The second kappa shape index (κ2) is 6.94. The van der Waals surface area contributed by atoms with Gasteiger partial charge < -0.3 is 14.6 Å². The Morgan fingerprint density at radius 1 is 1.27 bits per heavy atom. The summed E-state index contributed by atoms with van der Waals surface area (Å²) >= 11 is 0. The van der Waals surface area contributed by atoms with Crippen LogP contribution < -0.4 is 10.2 Å². The standard InChI is InChI=1S/C21H19N5O4/c1-11(27)22-10-19-18-8-15-7-13(4-6-17(15)26(18)21(28)29-19)14-3-5-16(23-9-14)20-24-12(2)30-25-20/h3-7,9,18-19H,8,10H2,1-2H3,(H,22,27)/t18?,19-/m0/s1. The molecule has 2 aliphatic heterocycles. The molecule has 152 valence electrons. The lowest BCUT2D eigenvalue weighted by atomic mass is 10.0. The first-order valence-electron chi connectivity index (χ1n) is 9.64. The van der Waals surface area contributed by atoms with Gasteiger partial charge in [0.15, 0.2) is 0 Å². The van der Waals surface area contributed by atoms with Crippen molar-refractivity contribution in [3.63, 3.8) is 0 Å². The van der Waals surface area contributed by atoms with Crippen LogP contribution in [-0.4, -0.2) is 45.8 Å². The van der Waals surface area contributed by atoms with Crippen LogP contribution in [0.15, 0.2) is 41.1 Å². The molecule has 30 heavy (non-hydrogen) atoms. The molecular formula is C21H19N5O4. The number of nitrogens with one attached hydrogen (secondary N) is 1. The molecule has 1 N–H and O–H groups in total. The molecule has 2 atom stereocenters. The Morgan fingerprint density at radius 2 is 2.10 bits per heavy atom. The Balaban J connectivity index is 1.39. The van der Waals surface area contributed by atoms with Gasteiger partial charge in [-0.25, -0.2) is 4.79 Å². The summed E-state index contributed by atoms with van der Waals surface area (Å²) < 4.78 is 10.5. The first-order valence-corrected chi connectivity index (χ1v) is 9.64. The highest BCUT2D eigenvalue weighted by atomic mass is 16.6. The van der Waals surface area contributed by atoms with E-state index in [-0.39, 0.29) is 24.1 Å². The lowest BCUT2D eigenvalue weighted by Gasteiger charge is -2.16. The number of amides is 2. The van der Waals surface area contributed by atoms with Gasteiger partial charge in [0.1, 0.15) is 11.8 Å². The zero-order valence-corrected chi connectivity index (χ0v) is 16.5. The van der Waals surface area contributed by atoms with Crippen molar-refractivity contribution in [1.29, 1.82) is 0 Å². The summed E-state index contributed by atoms with van der Waals surface area (Å²) in [5.74, 6) is 0.803. The SMILES string of the molecule is CC(=O)NC[C@@H]1OC(=O)N2c3ccc(-c4ccc(-c5noc(C)n5)nc4)cc3CC12. The van der Waals surface area contributed by atoms with E-state index in [2.05, 4.69) is 26.5 Å². The Labute approximate surface area is 172 Å². The fourth-order valence-electron chi connectivity index (χ4n) is 3.98. The van der Waals surface area contributed by atoms with E-state index in [0.717, 1.165) is 22.4 Å². The second-order valence-corrected chi connectivity index (χ2v) is 7.41. The highest BCUT2D eigenvalue weighted by Gasteiger charge is 2.47. The Hall–Kier alpha value is -3.75. The maximum atomic E-state index is 12.4. The number of ether oxygens (including phenoxy) is 1. The molecule has 3 aromatic rings. The second-order valence-electron chi connectivity index (χ2n) is 7.41. The van der Waals surface area contributed by atoms with Gasteiger partial charge in [-0.1, -0.05) is 17.3 Å². The molecule has 1 saturated heterocycles. The van der Waals surface area contributed by atoms with Crippen LogP contribution >= 0.6 is 0 Å². The zero-order chi connectivity index (χ0) is 20.8. The third-order valence-electron chi connectivity index (χ3n) is 5.38. The molecule has 1 aromatic carbocycles. The quantitative estimate of drug-likeness (QED) is 0.710. The van der Waals surface area contributed by atoms with Crippen LogP contribution in [0.4, 0.5) is 10.5 Å². The first-order chi connectivity index (χ1) is 14.5. The number of cyclic esters (lactones) is 1. The Kier molecular flexibility index (Phi) is 4.23. The van der Waals surface area contributed by atoms with E-state index >= 15 is 0 Å². The molecule has 1 fully saturated rings. The molecule has 2 aromatic heterocycles. The van der Waals surface area contributed by atoms with E-state index in [1.807, 2.05) is 24.3 Å². The summed E-state index contributed by atoms with van der Waals surface area (Å²) in [7, 11) is 0. The molecule has 2 amide bonds. The van der Waals surface area contributed by atoms with Gasteiger partial charge in [0.25, 0.3) is 0 Å². The predicted molar refractivity (Wildman–Crippen MR) is 107 cm³/mol. The monoisotopic (exact) mass is 405 g/mol. The van der Waals surface area contributed by atoms with Crippen molar-refractivity contribution in [2.45, 2.75) is 32.4 Å². The molecule has 0 aliphatic carbocycles. The highest BCUT2D eigenvalue weighted by Crippen LogP contribution is 2.40. The van der Waals surface area contributed by atoms with Crippen LogP contribution in [0.1, 0.15) is 18.4 Å². The number of fused-ring (bicyclic) bond motifs is 3. The van der Waals surface area contributed by atoms with E-state index in [1.165, 1.54) is 6.92 Å². The number of carbonyl (C=O) groups excluding carboxylic acids is 2. The van der Waals surface area contributed by atoms with Gasteiger partial charge in [-0.15, -0.1) is 0 Å². The lowest BCUT2D eigenvalue weighted by Crippen LogP contribution is -2.40. The van der Waals surface area contributed by atoms with Gasteiger partial charge in [-0.3, -0.25) is 14.7 Å². The molecular weight excluding hydrogens is 386 g/mol. The van der Waals surface area contributed by atoms with Gasteiger partial charge >= 0.3 is 6.09 Å². The highest BCUT2D eigenvalue weighted by molar-refractivity contribution is 5.94. The van der Waals surface area contributed by atoms with Crippen LogP contribution in [0.5, 0.6) is 0 Å². The molecule has 0 saturated carbocycles. The van der Waals surface area contributed by atoms with E-state index in [0.29, 0.717) is 30.4 Å². The van der Waals surface area contributed by atoms with Crippen molar-refractivity contribution in [1.82, 2.24) is 20.4 Å². The molecule has 0 radical (unpaired) electrons. The fourth-order valence-corrected chi connectivity index (χ4v) is 3.98. The minimum Gasteiger partial charge on any atom is -0.442 e. The topological polar surface area (TPSA) is 110 Å². The number of carbonyl (C=O) groups is 2. The number of hydrogen-bond donors (Lipinski definition) is 1. The van der Waals surface area contributed by atoms with Gasteiger partial charge in [0, 0.05) is 25.6 Å². The molecule has 0 spiro atoms. The number of aromatic nitrogens is 3. The number of pyridine rings is 1. The maximum Gasteiger partial charge on any atom is 0.415 e. The fraction of sp³-hybridized carbons (Fsp3) is 0.286. The van der Waals surface area contributed by atoms with Crippen LogP contribution in [0.25, 0.3) is 22.6 Å². The molecule has 1 unspecified atom stereocenters. The van der Waals surface area contributed by atoms with E-state index in [1.54, 1.807) is 18.0 Å². The number of anilines is 1. The number of rotatable bonds is 4. The van der Waals surface area contributed by atoms with Gasteiger partial charge in [-0.05, 0) is 35.7 Å². The first kappa shape index (κ1) is 18.3. The summed E-state index contributed by atoms with van der Waals surface area (Å²) in [6, 6.07) is 9.67. The summed E-state index contributed by atoms with van der Waals surface area (Å²) in [5.41, 5.74) is 4.52. The lowest BCUT2D eigenvalue weighted by molar-refractivity contribution is -0.119. The van der Waals surface area contributed by atoms with Crippen molar-refractivity contribution >= 4 is 17.7 Å². The van der Waals surface area contributed by atoms with Crippen molar-refractivity contribution in [3.05, 3.63) is 48.0 Å². The Bertz CT molecular complexity index is 1140. The third kappa shape index (κ3) is 3.08. The van der Waals surface area contributed by atoms with E-state index in [4.69, 9.17) is 9.26 Å².